The SMILES string of the molecule is CCOC1CCn2nc(C(=O)NC3COc4ccc(C)cc4C3)cc2OC1. The molecule has 0 spiro atoms. The lowest BCUT2D eigenvalue weighted by molar-refractivity contribution is 0.0269. The van der Waals surface area contributed by atoms with Gasteiger partial charge in [-0.15, -0.1) is 0 Å². The Bertz CT molecular complexity index is 807. The smallest absolute Gasteiger partial charge is 0.272 e. The van der Waals surface area contributed by atoms with Gasteiger partial charge in [-0.2, -0.15) is 5.10 Å². The summed E-state index contributed by atoms with van der Waals surface area (Å²) in [5.74, 6) is 1.31. The first-order valence-corrected chi connectivity index (χ1v) is 9.48. The van der Waals surface area contributed by atoms with Gasteiger partial charge in [0.1, 0.15) is 19.0 Å². The van der Waals surface area contributed by atoms with Gasteiger partial charge in [0, 0.05) is 19.2 Å². The van der Waals surface area contributed by atoms with Crippen LogP contribution in [-0.2, 0) is 17.7 Å². The molecule has 1 aromatic heterocycles. The van der Waals surface area contributed by atoms with Crippen molar-refractivity contribution < 1.29 is 19.0 Å². The second-order valence-corrected chi connectivity index (χ2v) is 7.06. The van der Waals surface area contributed by atoms with Crippen molar-refractivity contribution in [3.63, 3.8) is 0 Å². The van der Waals surface area contributed by atoms with Crippen LogP contribution < -0.4 is 14.8 Å². The van der Waals surface area contributed by atoms with Crippen LogP contribution in [0.5, 0.6) is 11.6 Å². The maximum Gasteiger partial charge on any atom is 0.272 e. The minimum atomic E-state index is -0.203. The van der Waals surface area contributed by atoms with Crippen LogP contribution in [0.2, 0.25) is 0 Å². The molecule has 4 rings (SSSR count). The third-order valence-corrected chi connectivity index (χ3v) is 4.92. The van der Waals surface area contributed by atoms with Crippen LogP contribution in [0.25, 0.3) is 0 Å². The third-order valence-electron chi connectivity index (χ3n) is 4.92. The third kappa shape index (κ3) is 3.93. The molecule has 1 amide bonds. The maximum absolute atomic E-state index is 12.6. The van der Waals surface area contributed by atoms with E-state index in [0.29, 0.717) is 37.9 Å². The number of benzene rings is 1. The number of nitrogens with zero attached hydrogens (tertiary/aromatic N) is 2. The number of aryl methyl sites for hydroxylation is 2. The Morgan fingerprint density at radius 3 is 3.07 bits per heavy atom. The van der Waals surface area contributed by atoms with E-state index >= 15 is 0 Å². The lowest BCUT2D eigenvalue weighted by Crippen LogP contribution is -2.42. The van der Waals surface area contributed by atoms with Crippen molar-refractivity contribution >= 4 is 5.91 Å². The Balaban J connectivity index is 1.39. The van der Waals surface area contributed by atoms with Gasteiger partial charge in [0.2, 0.25) is 5.88 Å². The Hall–Kier alpha value is -2.54. The minimum Gasteiger partial charge on any atom is -0.491 e. The second kappa shape index (κ2) is 7.60. The molecule has 0 aliphatic carbocycles. The van der Waals surface area contributed by atoms with Gasteiger partial charge in [0.05, 0.1) is 12.1 Å². The van der Waals surface area contributed by atoms with Gasteiger partial charge in [-0.1, -0.05) is 17.7 Å². The molecule has 2 aromatic rings. The zero-order chi connectivity index (χ0) is 18.8. The number of ether oxygens (including phenoxy) is 3. The van der Waals surface area contributed by atoms with E-state index in [4.69, 9.17) is 14.2 Å². The highest BCUT2D eigenvalue weighted by Crippen LogP contribution is 2.26. The molecule has 0 saturated heterocycles. The highest BCUT2D eigenvalue weighted by Gasteiger charge is 2.25. The van der Waals surface area contributed by atoms with E-state index in [1.807, 2.05) is 19.1 Å². The van der Waals surface area contributed by atoms with Crippen LogP contribution in [0.3, 0.4) is 0 Å². The Labute approximate surface area is 158 Å². The molecule has 0 fully saturated rings. The number of carbonyl (C=O) groups is 1. The molecule has 7 nitrogen and oxygen atoms in total. The number of hydrogen-bond acceptors (Lipinski definition) is 5. The van der Waals surface area contributed by atoms with E-state index in [0.717, 1.165) is 24.2 Å². The number of amides is 1. The largest absolute Gasteiger partial charge is 0.491 e. The van der Waals surface area contributed by atoms with Gasteiger partial charge >= 0.3 is 0 Å². The number of fused-ring (bicyclic) bond motifs is 2. The minimum absolute atomic E-state index is 0.0666. The van der Waals surface area contributed by atoms with Crippen molar-refractivity contribution in [3.8, 4) is 11.6 Å². The Kier molecular flexibility index (Phi) is 5.03. The van der Waals surface area contributed by atoms with E-state index in [1.54, 1.807) is 10.7 Å². The fraction of sp³-hybridized carbons (Fsp3) is 0.500. The van der Waals surface area contributed by atoms with Crippen LogP contribution in [0.1, 0.15) is 35.0 Å². The summed E-state index contributed by atoms with van der Waals surface area (Å²) in [6.45, 7) is 6.30. The first kappa shape index (κ1) is 17.9. The summed E-state index contributed by atoms with van der Waals surface area (Å²) >= 11 is 0. The van der Waals surface area contributed by atoms with E-state index in [9.17, 15) is 4.79 Å². The predicted octanol–water partition coefficient (Wildman–Crippen LogP) is 2.11. The molecule has 0 bridgehead atoms. The lowest BCUT2D eigenvalue weighted by atomic mass is 10.0. The molecule has 2 aliphatic rings. The molecular formula is C20H25N3O4. The van der Waals surface area contributed by atoms with Crippen LogP contribution in [-0.4, -0.2) is 47.7 Å². The van der Waals surface area contributed by atoms with Gasteiger partial charge in [-0.25, -0.2) is 4.68 Å². The summed E-state index contributed by atoms with van der Waals surface area (Å²) < 4.78 is 18.9. The van der Waals surface area contributed by atoms with Crippen molar-refractivity contribution in [1.29, 1.82) is 0 Å². The highest BCUT2D eigenvalue weighted by atomic mass is 16.5. The average Bonchev–Trinajstić information content (AvgIpc) is 2.98. The van der Waals surface area contributed by atoms with Crippen LogP contribution >= 0.6 is 0 Å². The standard InChI is InChI=1S/C20H25N3O4/c1-3-25-16-6-7-23-19(27-12-16)10-17(22-23)20(24)21-15-9-14-8-13(2)4-5-18(14)26-11-15/h4-5,8,10,15-16H,3,6-7,9,11-12H2,1-2H3,(H,21,24). The summed E-state index contributed by atoms with van der Waals surface area (Å²) in [4.78, 5) is 12.6. The zero-order valence-corrected chi connectivity index (χ0v) is 15.7. The summed E-state index contributed by atoms with van der Waals surface area (Å²) in [7, 11) is 0. The first-order chi connectivity index (χ1) is 13.1. The molecule has 27 heavy (non-hydrogen) atoms. The molecule has 2 aliphatic heterocycles. The van der Waals surface area contributed by atoms with Crippen LogP contribution in [0.4, 0.5) is 0 Å². The van der Waals surface area contributed by atoms with Gasteiger partial charge in [0.15, 0.2) is 5.69 Å². The Morgan fingerprint density at radius 1 is 1.33 bits per heavy atom. The van der Waals surface area contributed by atoms with E-state index in [2.05, 4.69) is 23.4 Å². The average molecular weight is 371 g/mol. The van der Waals surface area contributed by atoms with Gasteiger partial charge in [-0.05, 0) is 38.3 Å². The molecular weight excluding hydrogens is 346 g/mol. The number of aromatic nitrogens is 2. The maximum atomic E-state index is 12.6. The topological polar surface area (TPSA) is 74.6 Å². The van der Waals surface area contributed by atoms with Crippen molar-refractivity contribution in [1.82, 2.24) is 15.1 Å². The van der Waals surface area contributed by atoms with Crippen molar-refractivity contribution in [2.45, 2.75) is 45.4 Å². The summed E-state index contributed by atoms with van der Waals surface area (Å²) in [5, 5.41) is 7.44. The fourth-order valence-electron chi connectivity index (χ4n) is 3.56. The highest BCUT2D eigenvalue weighted by molar-refractivity contribution is 5.92. The van der Waals surface area contributed by atoms with Crippen molar-refractivity contribution in [2.75, 3.05) is 19.8 Å². The van der Waals surface area contributed by atoms with Crippen LogP contribution in [0, 0.1) is 6.92 Å². The van der Waals surface area contributed by atoms with E-state index in [1.165, 1.54) is 5.56 Å². The molecule has 0 radical (unpaired) electrons. The van der Waals surface area contributed by atoms with Gasteiger partial charge in [-0.3, -0.25) is 4.79 Å². The summed E-state index contributed by atoms with van der Waals surface area (Å²) in [6, 6.07) is 7.76. The molecule has 144 valence electrons. The van der Waals surface area contributed by atoms with Crippen molar-refractivity contribution in [3.05, 3.63) is 41.1 Å². The molecule has 0 saturated carbocycles. The zero-order valence-electron chi connectivity index (χ0n) is 15.7. The summed E-state index contributed by atoms with van der Waals surface area (Å²) in [5.41, 5.74) is 2.68. The predicted molar refractivity (Wildman–Crippen MR) is 99.4 cm³/mol. The lowest BCUT2D eigenvalue weighted by Gasteiger charge is -2.26. The number of carbonyl (C=O) groups excluding carboxylic acids is 1. The fourth-order valence-corrected chi connectivity index (χ4v) is 3.56. The molecule has 1 N–H and O–H groups in total. The number of rotatable bonds is 4. The number of hydrogen-bond donors (Lipinski definition) is 1. The molecule has 3 heterocycles. The molecule has 2 atom stereocenters. The molecule has 7 heteroatoms. The quantitative estimate of drug-likeness (QED) is 0.891. The normalized spacial score (nSPS) is 21.3. The summed E-state index contributed by atoms with van der Waals surface area (Å²) in [6.07, 6.45) is 1.64. The molecule has 1 aromatic carbocycles. The van der Waals surface area contributed by atoms with E-state index < -0.39 is 0 Å². The van der Waals surface area contributed by atoms with E-state index in [-0.39, 0.29) is 18.1 Å². The Morgan fingerprint density at radius 2 is 2.22 bits per heavy atom. The first-order valence-electron chi connectivity index (χ1n) is 9.48. The van der Waals surface area contributed by atoms with Gasteiger partial charge in [0.25, 0.3) is 5.91 Å². The molecule has 2 unspecified atom stereocenters. The van der Waals surface area contributed by atoms with Crippen LogP contribution in [0.15, 0.2) is 24.3 Å². The van der Waals surface area contributed by atoms with Gasteiger partial charge < -0.3 is 19.5 Å². The number of nitrogens with one attached hydrogen (secondary N) is 1. The monoisotopic (exact) mass is 371 g/mol. The van der Waals surface area contributed by atoms with Crippen molar-refractivity contribution in [2.24, 2.45) is 0 Å². The second-order valence-electron chi connectivity index (χ2n) is 7.06.